The van der Waals surface area contributed by atoms with Gasteiger partial charge in [0.15, 0.2) is 11.6 Å². The minimum absolute atomic E-state index is 0.0469. The highest BCUT2D eigenvalue weighted by Gasteiger charge is 2.30. The number of halogens is 4. The van der Waals surface area contributed by atoms with Crippen molar-refractivity contribution in [3.63, 3.8) is 0 Å². The highest BCUT2D eigenvalue weighted by atomic mass is 35.5. The second-order valence-electron chi connectivity index (χ2n) is 9.82. The van der Waals surface area contributed by atoms with Crippen LogP contribution in [0.3, 0.4) is 0 Å². The average Bonchev–Trinajstić information content (AvgIpc) is 2.98. The van der Waals surface area contributed by atoms with Crippen LogP contribution in [-0.2, 0) is 0 Å². The van der Waals surface area contributed by atoms with Gasteiger partial charge in [0.1, 0.15) is 11.5 Å². The van der Waals surface area contributed by atoms with Crippen molar-refractivity contribution in [3.05, 3.63) is 59.7 Å². The molecule has 2 aromatic rings. The van der Waals surface area contributed by atoms with Crippen LogP contribution < -0.4 is 19.3 Å². The zero-order valence-corrected chi connectivity index (χ0v) is 26.4. The number of rotatable bonds is 21. The molecule has 2 aromatic carbocycles. The lowest BCUT2D eigenvalue weighted by atomic mass is 9.86. The molecule has 0 radical (unpaired) electrons. The Kier molecular flexibility index (Phi) is 16.9. The van der Waals surface area contributed by atoms with E-state index in [2.05, 4.69) is 0 Å². The second kappa shape index (κ2) is 19.6. The molecule has 0 aliphatic rings. The Morgan fingerprint density at radius 1 is 0.600 bits per heavy atom. The smallest absolute Gasteiger partial charge is 0.171 e. The molecule has 6 nitrogen and oxygen atoms in total. The lowest BCUT2D eigenvalue weighted by molar-refractivity contribution is -0.898. The van der Waals surface area contributed by atoms with Gasteiger partial charge < -0.3 is 19.3 Å². The first kappa shape index (κ1) is 34.7. The third-order valence-electron chi connectivity index (χ3n) is 7.22. The van der Waals surface area contributed by atoms with E-state index >= 15 is 0 Å². The maximum Gasteiger partial charge on any atom is 0.171 e. The number of methoxy groups -OCH3 is 2. The molecule has 0 aliphatic heterocycles. The van der Waals surface area contributed by atoms with Crippen molar-refractivity contribution in [2.75, 3.05) is 77.0 Å². The molecule has 0 saturated carbocycles. The minimum Gasteiger partial charge on any atom is -0.497 e. The average molecular weight is 636 g/mol. The summed E-state index contributed by atoms with van der Waals surface area (Å²) in [6.45, 7) is 4.01. The van der Waals surface area contributed by atoms with E-state index in [1.807, 2.05) is 0 Å². The van der Waals surface area contributed by atoms with Crippen LogP contribution in [0.25, 0.3) is 0 Å². The van der Waals surface area contributed by atoms with Crippen molar-refractivity contribution in [2.45, 2.75) is 12.8 Å². The number of carbonyl (C=O) groups excluding carboxylic acids is 2. The van der Waals surface area contributed by atoms with Crippen LogP contribution in [0.1, 0.15) is 33.6 Å². The standard InChI is InChI=1S/C30H40Cl4N2O4/c1-39-27-9-5-23(6-10-27)29(37)25(21-35(17-13-31)18-14-32)3-4-26(22-36(19-15-33)20-16-34)30(38)24-7-11-28(40-2)12-8-24/h5-12,25-26H,3-4,13-22H2,1-2H3/p+2. The molecule has 0 aromatic heterocycles. The summed E-state index contributed by atoms with van der Waals surface area (Å²) in [7, 11) is 3.19. The van der Waals surface area contributed by atoms with Crippen LogP contribution in [0, 0.1) is 11.8 Å². The molecule has 2 unspecified atom stereocenters. The van der Waals surface area contributed by atoms with Gasteiger partial charge in [-0.25, -0.2) is 0 Å². The molecular formula is C30H42Cl4N2O4+2. The maximum absolute atomic E-state index is 13.8. The summed E-state index contributed by atoms with van der Waals surface area (Å²) >= 11 is 24.3. The van der Waals surface area contributed by atoms with E-state index in [1.54, 1.807) is 62.8 Å². The Hall–Kier alpha value is -1.54. The van der Waals surface area contributed by atoms with Crippen LogP contribution in [0.5, 0.6) is 11.5 Å². The number of quaternary nitrogens is 2. The molecule has 0 heterocycles. The van der Waals surface area contributed by atoms with Gasteiger partial charge in [0.2, 0.25) is 0 Å². The van der Waals surface area contributed by atoms with Crippen LogP contribution in [0.2, 0.25) is 0 Å². The van der Waals surface area contributed by atoms with Crippen molar-refractivity contribution in [1.82, 2.24) is 0 Å². The van der Waals surface area contributed by atoms with E-state index in [9.17, 15) is 9.59 Å². The molecular weight excluding hydrogens is 594 g/mol. The lowest BCUT2D eigenvalue weighted by Gasteiger charge is -2.26. The fourth-order valence-corrected chi connectivity index (χ4v) is 5.99. The van der Waals surface area contributed by atoms with Gasteiger partial charge in [-0.05, 0) is 61.4 Å². The zero-order chi connectivity index (χ0) is 29.3. The van der Waals surface area contributed by atoms with E-state index in [0.717, 1.165) is 0 Å². The van der Waals surface area contributed by atoms with Crippen molar-refractivity contribution < 1.29 is 28.9 Å². The fourth-order valence-electron chi connectivity index (χ4n) is 4.93. The van der Waals surface area contributed by atoms with Crippen LogP contribution in [0.15, 0.2) is 48.5 Å². The molecule has 0 aliphatic carbocycles. The van der Waals surface area contributed by atoms with E-state index in [0.29, 0.717) is 98.3 Å². The number of benzene rings is 2. The molecule has 0 spiro atoms. The van der Waals surface area contributed by atoms with E-state index in [4.69, 9.17) is 55.9 Å². The normalized spacial score (nSPS) is 12.9. The summed E-state index contributed by atoms with van der Waals surface area (Å²) in [5.74, 6) is 2.78. The van der Waals surface area contributed by atoms with Gasteiger partial charge in [0, 0.05) is 11.1 Å². The minimum atomic E-state index is -0.300. The molecule has 0 saturated heterocycles. The van der Waals surface area contributed by atoms with Gasteiger partial charge in [-0.3, -0.25) is 9.59 Å². The zero-order valence-electron chi connectivity index (χ0n) is 23.4. The van der Waals surface area contributed by atoms with Gasteiger partial charge in [0.05, 0.1) is 88.8 Å². The van der Waals surface area contributed by atoms with Crippen molar-refractivity contribution in [3.8, 4) is 11.5 Å². The van der Waals surface area contributed by atoms with Crippen molar-refractivity contribution in [2.24, 2.45) is 11.8 Å². The summed E-state index contributed by atoms with van der Waals surface area (Å²) in [6.07, 6.45) is 1.11. The van der Waals surface area contributed by atoms with Crippen molar-refractivity contribution in [1.29, 1.82) is 0 Å². The summed E-state index contributed by atoms with van der Waals surface area (Å²) in [5, 5.41) is 0. The quantitative estimate of drug-likeness (QED) is 0.163. The van der Waals surface area contributed by atoms with Gasteiger partial charge in [-0.15, -0.1) is 46.4 Å². The molecule has 2 N–H and O–H groups in total. The number of Topliss-reactive ketones (excluding diaryl/α,β-unsaturated/α-hetero) is 2. The molecule has 0 amide bonds. The topological polar surface area (TPSA) is 61.5 Å². The van der Waals surface area contributed by atoms with Gasteiger partial charge >= 0.3 is 0 Å². The molecule has 0 fully saturated rings. The Bertz CT molecular complexity index is 914. The first-order chi connectivity index (χ1) is 19.4. The molecule has 2 rings (SSSR count). The molecule has 10 heteroatoms. The molecule has 2 atom stereocenters. The van der Waals surface area contributed by atoms with E-state index in [-0.39, 0.29) is 23.4 Å². The van der Waals surface area contributed by atoms with E-state index < -0.39 is 0 Å². The molecule has 222 valence electrons. The number of ketones is 2. The predicted octanol–water partition coefficient (Wildman–Crippen LogP) is 3.51. The fraction of sp³-hybridized carbons (Fsp3) is 0.533. The monoisotopic (exact) mass is 634 g/mol. The van der Waals surface area contributed by atoms with Crippen LogP contribution in [-0.4, -0.2) is 88.6 Å². The Morgan fingerprint density at radius 2 is 0.900 bits per heavy atom. The summed E-state index contributed by atoms with van der Waals surface area (Å²) in [4.78, 5) is 29.9. The molecule has 0 bridgehead atoms. The number of nitrogens with one attached hydrogen (secondary N) is 2. The maximum atomic E-state index is 13.8. The third kappa shape index (κ3) is 11.4. The number of ether oxygens (including phenoxy) is 2. The third-order valence-corrected chi connectivity index (χ3v) is 7.97. The number of alkyl halides is 4. The van der Waals surface area contributed by atoms with E-state index in [1.165, 1.54) is 9.80 Å². The van der Waals surface area contributed by atoms with Crippen LogP contribution in [0.4, 0.5) is 0 Å². The SMILES string of the molecule is COc1ccc(C(=O)C(CCC(C[NH+](CCCl)CCCl)C(=O)c2ccc(OC)cc2)C[NH+](CCCl)CCCl)cc1. The first-order valence-corrected chi connectivity index (χ1v) is 15.8. The number of hydrogen-bond acceptors (Lipinski definition) is 4. The largest absolute Gasteiger partial charge is 0.497 e. The first-order valence-electron chi connectivity index (χ1n) is 13.7. The van der Waals surface area contributed by atoms with Crippen molar-refractivity contribution >= 4 is 58.0 Å². The summed E-state index contributed by atoms with van der Waals surface area (Å²) < 4.78 is 10.5. The van der Waals surface area contributed by atoms with Gasteiger partial charge in [0.25, 0.3) is 0 Å². The Morgan fingerprint density at radius 3 is 1.15 bits per heavy atom. The Labute approximate surface area is 258 Å². The van der Waals surface area contributed by atoms with Gasteiger partial charge in [-0.1, -0.05) is 0 Å². The number of hydrogen-bond donors (Lipinski definition) is 2. The Balaban J connectivity index is 2.34. The highest BCUT2D eigenvalue weighted by molar-refractivity contribution is 6.18. The highest BCUT2D eigenvalue weighted by Crippen LogP contribution is 2.22. The predicted molar refractivity (Wildman–Crippen MR) is 165 cm³/mol. The summed E-state index contributed by atoms with van der Waals surface area (Å²) in [5.41, 5.74) is 1.24. The number of carbonyl (C=O) groups is 2. The van der Waals surface area contributed by atoms with Crippen LogP contribution >= 0.6 is 46.4 Å². The second-order valence-corrected chi connectivity index (χ2v) is 11.3. The molecule has 40 heavy (non-hydrogen) atoms. The van der Waals surface area contributed by atoms with Gasteiger partial charge in [-0.2, -0.15) is 0 Å². The lowest BCUT2D eigenvalue weighted by Crippen LogP contribution is -3.13. The summed E-state index contributed by atoms with van der Waals surface area (Å²) in [6, 6.07) is 14.4.